The summed E-state index contributed by atoms with van der Waals surface area (Å²) in [5, 5.41) is 12.7. The maximum Gasteiger partial charge on any atom is 0.425 e. The molecule has 0 bridgehead atoms. The molecule has 1 aromatic carbocycles. The molecule has 0 aromatic heterocycles. The minimum atomic E-state index is -4.59. The van der Waals surface area contributed by atoms with Crippen LogP contribution < -0.4 is 10.1 Å². The summed E-state index contributed by atoms with van der Waals surface area (Å²) in [4.78, 5) is 23.7. The van der Waals surface area contributed by atoms with Gasteiger partial charge in [0, 0.05) is 37.7 Å². The van der Waals surface area contributed by atoms with E-state index in [1.807, 2.05) is 0 Å². The highest BCUT2D eigenvalue weighted by atomic mass is 19.4. The fourth-order valence-corrected chi connectivity index (χ4v) is 2.67. The van der Waals surface area contributed by atoms with Gasteiger partial charge in [-0.05, 0) is 18.2 Å². The van der Waals surface area contributed by atoms with Crippen LogP contribution in [0.1, 0.15) is 31.9 Å². The van der Waals surface area contributed by atoms with Crippen LogP contribution in [0.4, 0.5) is 18.9 Å². The van der Waals surface area contributed by atoms with Gasteiger partial charge in [-0.15, -0.1) is 0 Å². The van der Waals surface area contributed by atoms with Crippen LogP contribution >= 0.6 is 0 Å². The monoisotopic (exact) mass is 387 g/mol. The molecule has 2 aliphatic rings. The van der Waals surface area contributed by atoms with Gasteiger partial charge in [-0.2, -0.15) is 13.2 Å². The number of halogens is 3. The van der Waals surface area contributed by atoms with E-state index < -0.39 is 42.5 Å². The SMILES string of the molecule is CC1(C)OC(=O)C(=CNc2ccc3c(c2)C(O)CC(C(F)(F)F)O3)C(=O)O1. The second kappa shape index (κ2) is 6.45. The summed E-state index contributed by atoms with van der Waals surface area (Å²) < 4.78 is 53.2. The van der Waals surface area contributed by atoms with Crippen molar-refractivity contribution in [1.82, 2.24) is 0 Å². The minimum Gasteiger partial charge on any atom is -0.480 e. The second-order valence-electron chi connectivity index (χ2n) is 6.53. The second-order valence-corrected chi connectivity index (χ2v) is 6.53. The lowest BCUT2D eigenvalue weighted by Gasteiger charge is -2.31. The Morgan fingerprint density at radius 3 is 2.44 bits per heavy atom. The molecule has 2 unspecified atom stereocenters. The number of alkyl halides is 3. The molecular weight excluding hydrogens is 371 g/mol. The first kappa shape index (κ1) is 19.0. The van der Waals surface area contributed by atoms with Crippen LogP contribution in [0.3, 0.4) is 0 Å². The Bertz CT molecular complexity index is 795. The fourth-order valence-electron chi connectivity index (χ4n) is 2.67. The van der Waals surface area contributed by atoms with Crippen molar-refractivity contribution in [2.45, 2.75) is 44.4 Å². The Labute approximate surface area is 151 Å². The average Bonchev–Trinajstić information content (AvgIpc) is 2.52. The highest BCUT2D eigenvalue weighted by molar-refractivity contribution is 6.15. The van der Waals surface area contributed by atoms with E-state index in [9.17, 15) is 27.9 Å². The number of carbonyl (C=O) groups is 2. The Kier molecular flexibility index (Phi) is 4.54. The van der Waals surface area contributed by atoms with E-state index in [-0.39, 0.29) is 16.9 Å². The van der Waals surface area contributed by atoms with Gasteiger partial charge in [-0.3, -0.25) is 0 Å². The van der Waals surface area contributed by atoms with Crippen LogP contribution in [0, 0.1) is 0 Å². The number of esters is 2. The van der Waals surface area contributed by atoms with Crippen LogP contribution in [0.5, 0.6) is 5.75 Å². The zero-order valence-electron chi connectivity index (χ0n) is 14.3. The third kappa shape index (κ3) is 4.00. The van der Waals surface area contributed by atoms with Crippen molar-refractivity contribution in [1.29, 1.82) is 0 Å². The molecule has 2 N–H and O–H groups in total. The normalized spacial score (nSPS) is 24.3. The third-order valence-corrected chi connectivity index (χ3v) is 3.94. The molecule has 0 amide bonds. The number of anilines is 1. The smallest absolute Gasteiger partial charge is 0.425 e. The number of benzene rings is 1. The predicted octanol–water partition coefficient (Wildman–Crippen LogP) is 2.57. The van der Waals surface area contributed by atoms with E-state index >= 15 is 0 Å². The van der Waals surface area contributed by atoms with E-state index in [2.05, 4.69) is 5.32 Å². The Morgan fingerprint density at radius 1 is 1.22 bits per heavy atom. The number of rotatable bonds is 2. The Morgan fingerprint density at radius 2 is 1.85 bits per heavy atom. The summed E-state index contributed by atoms with van der Waals surface area (Å²) in [6, 6.07) is 4.01. The molecular formula is C17H16F3NO6. The number of nitrogens with one attached hydrogen (secondary N) is 1. The van der Waals surface area contributed by atoms with Gasteiger partial charge in [-0.1, -0.05) is 0 Å². The summed E-state index contributed by atoms with van der Waals surface area (Å²) in [7, 11) is 0. The van der Waals surface area contributed by atoms with E-state index in [4.69, 9.17) is 14.2 Å². The first-order chi connectivity index (χ1) is 12.5. The number of fused-ring (bicyclic) bond motifs is 1. The van der Waals surface area contributed by atoms with Crippen molar-refractivity contribution < 1.29 is 42.1 Å². The summed E-state index contributed by atoms with van der Waals surface area (Å²) in [6.45, 7) is 2.82. The molecule has 2 heterocycles. The number of cyclic esters (lactones) is 2. The Balaban J connectivity index is 1.78. The van der Waals surface area contributed by atoms with Gasteiger partial charge in [0.25, 0.3) is 5.79 Å². The number of aliphatic hydroxyl groups excluding tert-OH is 1. The minimum absolute atomic E-state index is 0.0903. The van der Waals surface area contributed by atoms with Gasteiger partial charge in [0.05, 0.1) is 6.10 Å². The maximum absolute atomic E-state index is 12.8. The predicted molar refractivity (Wildman–Crippen MR) is 84.5 cm³/mol. The van der Waals surface area contributed by atoms with E-state index in [1.165, 1.54) is 32.0 Å². The van der Waals surface area contributed by atoms with Gasteiger partial charge in [0.1, 0.15) is 5.75 Å². The molecule has 0 aliphatic carbocycles. The van der Waals surface area contributed by atoms with Gasteiger partial charge in [0.15, 0.2) is 11.7 Å². The van der Waals surface area contributed by atoms with Crippen LogP contribution in [0.25, 0.3) is 0 Å². The van der Waals surface area contributed by atoms with E-state index in [1.54, 1.807) is 0 Å². The lowest BCUT2D eigenvalue weighted by Crippen LogP contribution is -2.42. The number of carbonyl (C=O) groups excluding carboxylic acids is 2. The quantitative estimate of drug-likeness (QED) is 0.458. The number of ether oxygens (including phenoxy) is 3. The lowest BCUT2D eigenvalue weighted by molar-refractivity contribution is -0.222. The molecule has 146 valence electrons. The van der Waals surface area contributed by atoms with Gasteiger partial charge in [-0.25, -0.2) is 9.59 Å². The van der Waals surface area contributed by atoms with Crippen LogP contribution in [-0.2, 0) is 19.1 Å². The van der Waals surface area contributed by atoms with Crippen molar-refractivity contribution in [2.24, 2.45) is 0 Å². The molecule has 7 nitrogen and oxygen atoms in total. The number of hydrogen-bond donors (Lipinski definition) is 2. The van der Waals surface area contributed by atoms with Crippen molar-refractivity contribution >= 4 is 17.6 Å². The highest BCUT2D eigenvalue weighted by Gasteiger charge is 2.46. The van der Waals surface area contributed by atoms with E-state index in [0.29, 0.717) is 5.69 Å². The molecule has 2 atom stereocenters. The number of aliphatic hydroxyl groups is 1. The van der Waals surface area contributed by atoms with Crippen molar-refractivity contribution in [3.05, 3.63) is 35.5 Å². The fraction of sp³-hybridized carbons (Fsp3) is 0.412. The third-order valence-electron chi connectivity index (χ3n) is 3.94. The summed E-state index contributed by atoms with van der Waals surface area (Å²) >= 11 is 0. The number of hydrogen-bond acceptors (Lipinski definition) is 7. The van der Waals surface area contributed by atoms with Crippen molar-refractivity contribution in [2.75, 3.05) is 5.32 Å². The maximum atomic E-state index is 12.8. The summed E-state index contributed by atoms with van der Waals surface area (Å²) in [5.74, 6) is -3.21. The van der Waals surface area contributed by atoms with Crippen LogP contribution in [-0.4, -0.2) is 35.1 Å². The molecule has 27 heavy (non-hydrogen) atoms. The molecule has 3 rings (SSSR count). The largest absolute Gasteiger partial charge is 0.480 e. The zero-order valence-corrected chi connectivity index (χ0v) is 14.3. The molecule has 1 saturated heterocycles. The van der Waals surface area contributed by atoms with E-state index in [0.717, 1.165) is 6.20 Å². The molecule has 10 heteroatoms. The van der Waals surface area contributed by atoms with Gasteiger partial charge < -0.3 is 24.6 Å². The standard InChI is InChI=1S/C17H16F3NO6/c1-16(2)26-14(23)10(15(24)27-16)7-21-8-3-4-12-9(5-8)11(22)6-13(25-12)17(18,19)20/h3-5,7,11,13,21-22H,6H2,1-2H3. The highest BCUT2D eigenvalue weighted by Crippen LogP contribution is 2.41. The topological polar surface area (TPSA) is 94.1 Å². The van der Waals surface area contributed by atoms with Crippen LogP contribution in [0.2, 0.25) is 0 Å². The summed E-state index contributed by atoms with van der Waals surface area (Å²) in [5.41, 5.74) is 0.106. The summed E-state index contributed by atoms with van der Waals surface area (Å²) in [6.07, 6.45) is -7.61. The van der Waals surface area contributed by atoms with Crippen LogP contribution in [0.15, 0.2) is 30.0 Å². The zero-order chi connectivity index (χ0) is 20.0. The van der Waals surface area contributed by atoms with Gasteiger partial charge >= 0.3 is 18.1 Å². The van der Waals surface area contributed by atoms with Crippen molar-refractivity contribution in [3.63, 3.8) is 0 Å². The van der Waals surface area contributed by atoms with Gasteiger partial charge in [0.2, 0.25) is 0 Å². The first-order valence-electron chi connectivity index (χ1n) is 7.95. The molecule has 0 saturated carbocycles. The Hall–Kier alpha value is -2.75. The lowest BCUT2D eigenvalue weighted by atomic mass is 9.98. The first-order valence-corrected chi connectivity index (χ1v) is 7.95. The molecule has 1 fully saturated rings. The molecule has 2 aliphatic heterocycles. The average molecular weight is 387 g/mol. The molecule has 0 radical (unpaired) electrons. The molecule has 0 spiro atoms. The molecule has 1 aromatic rings. The van der Waals surface area contributed by atoms with Crippen molar-refractivity contribution in [3.8, 4) is 5.75 Å².